The van der Waals surface area contributed by atoms with Gasteiger partial charge in [-0.25, -0.2) is 14.4 Å². The van der Waals surface area contributed by atoms with Crippen molar-refractivity contribution in [1.29, 1.82) is 0 Å². The number of amides is 1. The molecule has 0 N–H and O–H groups in total. The van der Waals surface area contributed by atoms with Gasteiger partial charge in [-0.15, -0.1) is 11.3 Å². The summed E-state index contributed by atoms with van der Waals surface area (Å²) >= 11 is 4.93. The summed E-state index contributed by atoms with van der Waals surface area (Å²) in [4.78, 5) is 25.4. The van der Waals surface area contributed by atoms with Crippen LogP contribution in [0.2, 0.25) is 0 Å². The van der Waals surface area contributed by atoms with Crippen molar-refractivity contribution >= 4 is 33.2 Å². The van der Waals surface area contributed by atoms with Crippen molar-refractivity contribution < 1.29 is 13.6 Å². The average Bonchev–Trinajstić information content (AvgIpc) is 3.53. The normalized spacial score (nSPS) is 15.8. The number of aromatic nitrogens is 2. The molecule has 0 unspecified atom stereocenters. The molecular formula is C25H21BrFN3O2S. The summed E-state index contributed by atoms with van der Waals surface area (Å²) in [6, 6.07) is 16.0. The molecule has 1 atom stereocenters. The van der Waals surface area contributed by atoms with Crippen LogP contribution in [0, 0.1) is 12.7 Å². The molecule has 8 heteroatoms. The highest BCUT2D eigenvalue weighted by molar-refractivity contribution is 9.10. The van der Waals surface area contributed by atoms with E-state index < -0.39 is 0 Å². The van der Waals surface area contributed by atoms with Gasteiger partial charge in [0, 0.05) is 24.6 Å². The van der Waals surface area contributed by atoms with E-state index >= 15 is 0 Å². The number of oxazole rings is 1. The molecule has 2 aromatic heterocycles. The van der Waals surface area contributed by atoms with Crippen LogP contribution >= 0.6 is 27.3 Å². The van der Waals surface area contributed by atoms with Gasteiger partial charge in [-0.2, -0.15) is 0 Å². The molecule has 5 rings (SSSR count). The van der Waals surface area contributed by atoms with Crippen molar-refractivity contribution in [3.05, 3.63) is 81.7 Å². The maximum absolute atomic E-state index is 13.6. The minimum atomic E-state index is -0.306. The van der Waals surface area contributed by atoms with Crippen molar-refractivity contribution in [2.24, 2.45) is 0 Å². The van der Waals surface area contributed by atoms with Crippen LogP contribution in [0.15, 0.2) is 63.7 Å². The van der Waals surface area contributed by atoms with Crippen molar-refractivity contribution in [3.8, 4) is 21.7 Å². The Morgan fingerprint density at radius 1 is 1.15 bits per heavy atom. The van der Waals surface area contributed by atoms with Gasteiger partial charge in [0.2, 0.25) is 0 Å². The third kappa shape index (κ3) is 4.50. The number of likely N-dealkylation sites (tertiary alicyclic amines) is 1. The Labute approximate surface area is 203 Å². The van der Waals surface area contributed by atoms with Gasteiger partial charge in [0.25, 0.3) is 5.91 Å². The minimum absolute atomic E-state index is 0.0188. The zero-order chi connectivity index (χ0) is 22.9. The molecule has 1 amide bonds. The second-order valence-electron chi connectivity index (χ2n) is 8.01. The van der Waals surface area contributed by atoms with E-state index in [-0.39, 0.29) is 17.8 Å². The molecule has 3 heterocycles. The Bertz CT molecular complexity index is 1290. The number of aryl methyl sites for hydroxylation is 1. The minimum Gasteiger partial charge on any atom is -0.433 e. The van der Waals surface area contributed by atoms with Gasteiger partial charge in [-0.1, -0.05) is 42.5 Å². The fraction of sp³-hybridized carbons (Fsp3) is 0.240. The monoisotopic (exact) mass is 525 g/mol. The van der Waals surface area contributed by atoms with E-state index in [0.717, 1.165) is 39.5 Å². The molecule has 168 valence electrons. The molecule has 33 heavy (non-hydrogen) atoms. The predicted octanol–water partition coefficient (Wildman–Crippen LogP) is 6.52. The highest BCUT2D eigenvalue weighted by Gasteiger charge is 2.33. The van der Waals surface area contributed by atoms with Gasteiger partial charge in [0.05, 0.1) is 9.88 Å². The van der Waals surface area contributed by atoms with Crippen LogP contribution in [-0.4, -0.2) is 33.4 Å². The first-order valence-electron chi connectivity index (χ1n) is 10.7. The fourth-order valence-corrected chi connectivity index (χ4v) is 5.65. The summed E-state index contributed by atoms with van der Waals surface area (Å²) in [6.07, 6.45) is 2.33. The lowest BCUT2D eigenvalue weighted by Gasteiger charge is -2.23. The standard InChI is InChI=1S/C25H21BrFN3O2S/c1-15-28-22(23(33-15)17-9-11-18(27)12-10-17)25(31)30-13-5-8-19(30)14-20-29-21(24(26)32-20)16-6-3-2-4-7-16/h2-4,6-7,9-12,19H,5,8,13-14H2,1H3/t19-/m0/s1. The number of thiazole rings is 1. The Morgan fingerprint density at radius 2 is 1.91 bits per heavy atom. The van der Waals surface area contributed by atoms with E-state index in [2.05, 4.69) is 25.9 Å². The summed E-state index contributed by atoms with van der Waals surface area (Å²) in [6.45, 7) is 2.54. The highest BCUT2D eigenvalue weighted by atomic mass is 79.9. The molecule has 4 aromatic rings. The molecule has 1 fully saturated rings. The van der Waals surface area contributed by atoms with Gasteiger partial charge < -0.3 is 9.32 Å². The number of rotatable bonds is 5. The molecule has 1 saturated heterocycles. The first-order chi connectivity index (χ1) is 16.0. The number of carbonyl (C=O) groups excluding carboxylic acids is 1. The third-order valence-corrected chi connectivity index (χ3v) is 7.33. The van der Waals surface area contributed by atoms with Crippen LogP contribution in [0.3, 0.4) is 0 Å². The van der Waals surface area contributed by atoms with Crippen molar-refractivity contribution in [2.45, 2.75) is 32.2 Å². The molecular weight excluding hydrogens is 505 g/mol. The lowest BCUT2D eigenvalue weighted by atomic mass is 10.1. The summed E-state index contributed by atoms with van der Waals surface area (Å²) < 4.78 is 19.9. The maximum Gasteiger partial charge on any atom is 0.274 e. The summed E-state index contributed by atoms with van der Waals surface area (Å²) in [5.41, 5.74) is 2.95. The summed E-state index contributed by atoms with van der Waals surface area (Å²) in [5.74, 6) is 0.188. The van der Waals surface area contributed by atoms with E-state index in [1.807, 2.05) is 42.2 Å². The topological polar surface area (TPSA) is 59.2 Å². The largest absolute Gasteiger partial charge is 0.433 e. The van der Waals surface area contributed by atoms with Gasteiger partial charge >= 0.3 is 0 Å². The first kappa shape index (κ1) is 22.0. The van der Waals surface area contributed by atoms with Gasteiger partial charge in [0.15, 0.2) is 10.6 Å². The SMILES string of the molecule is Cc1nc(C(=O)N2CCC[C@H]2Cc2nc(-c3ccccc3)c(Br)o2)c(-c2ccc(F)cc2)s1. The molecule has 5 nitrogen and oxygen atoms in total. The van der Waals surface area contributed by atoms with Crippen molar-refractivity contribution in [1.82, 2.24) is 14.9 Å². The van der Waals surface area contributed by atoms with Gasteiger partial charge in [-0.05, 0) is 53.4 Å². The molecule has 0 radical (unpaired) electrons. The smallest absolute Gasteiger partial charge is 0.274 e. The lowest BCUT2D eigenvalue weighted by Crippen LogP contribution is -2.37. The molecule has 1 aliphatic heterocycles. The number of hydrogen-bond donors (Lipinski definition) is 0. The van der Waals surface area contributed by atoms with Crippen LogP contribution in [-0.2, 0) is 6.42 Å². The highest BCUT2D eigenvalue weighted by Crippen LogP contribution is 2.34. The fourth-order valence-electron chi connectivity index (χ4n) is 4.23. The zero-order valence-corrected chi connectivity index (χ0v) is 20.3. The maximum atomic E-state index is 13.6. The Hall–Kier alpha value is -2.84. The van der Waals surface area contributed by atoms with Gasteiger partial charge in [-0.3, -0.25) is 4.79 Å². The Balaban J connectivity index is 1.39. The van der Waals surface area contributed by atoms with Crippen molar-refractivity contribution in [2.75, 3.05) is 6.54 Å². The first-order valence-corrected chi connectivity index (χ1v) is 12.4. The quantitative estimate of drug-likeness (QED) is 0.297. The predicted molar refractivity (Wildman–Crippen MR) is 130 cm³/mol. The molecule has 1 aliphatic rings. The van der Waals surface area contributed by atoms with Crippen LogP contribution in [0.1, 0.15) is 34.2 Å². The van der Waals surface area contributed by atoms with Gasteiger partial charge in [0.1, 0.15) is 17.2 Å². The number of hydrogen-bond acceptors (Lipinski definition) is 5. The van der Waals surface area contributed by atoms with E-state index in [9.17, 15) is 9.18 Å². The third-order valence-electron chi connectivity index (χ3n) is 5.77. The van der Waals surface area contributed by atoms with Crippen LogP contribution in [0.25, 0.3) is 21.7 Å². The molecule has 0 bridgehead atoms. The number of carbonyl (C=O) groups is 1. The van der Waals surface area contributed by atoms with E-state index in [4.69, 9.17) is 4.42 Å². The molecule has 0 saturated carbocycles. The summed E-state index contributed by atoms with van der Waals surface area (Å²) in [7, 11) is 0. The Kier molecular flexibility index (Phi) is 6.12. The summed E-state index contributed by atoms with van der Waals surface area (Å²) in [5, 5.41) is 0.803. The lowest BCUT2D eigenvalue weighted by molar-refractivity contribution is 0.0728. The Morgan fingerprint density at radius 3 is 2.67 bits per heavy atom. The van der Waals surface area contributed by atoms with E-state index in [1.54, 1.807) is 12.1 Å². The molecule has 2 aromatic carbocycles. The van der Waals surface area contributed by atoms with Crippen molar-refractivity contribution in [3.63, 3.8) is 0 Å². The van der Waals surface area contributed by atoms with E-state index in [1.165, 1.54) is 23.5 Å². The average molecular weight is 526 g/mol. The van der Waals surface area contributed by atoms with E-state index in [0.29, 0.717) is 29.2 Å². The molecule has 0 spiro atoms. The number of halogens is 2. The second-order valence-corrected chi connectivity index (χ2v) is 9.94. The number of nitrogens with zero attached hydrogens (tertiary/aromatic N) is 3. The second kappa shape index (κ2) is 9.19. The number of benzene rings is 2. The van der Waals surface area contributed by atoms with Crippen LogP contribution in [0.5, 0.6) is 0 Å². The zero-order valence-electron chi connectivity index (χ0n) is 17.9. The van der Waals surface area contributed by atoms with Crippen LogP contribution in [0.4, 0.5) is 4.39 Å². The molecule has 0 aliphatic carbocycles. The van der Waals surface area contributed by atoms with Crippen LogP contribution < -0.4 is 0 Å².